The van der Waals surface area contributed by atoms with E-state index < -0.39 is 184 Å². The molecule has 9 nitrogen and oxygen atoms in total. The molecule has 3 heterocycles. The summed E-state index contributed by atoms with van der Waals surface area (Å²) in [5.74, 6) is -43.6. The lowest BCUT2D eigenvalue weighted by Gasteiger charge is -2.07. The van der Waals surface area contributed by atoms with E-state index in [1.807, 2.05) is 0 Å². The van der Waals surface area contributed by atoms with Crippen LogP contribution in [0.1, 0.15) is 0 Å². The molecule has 24 heteroatoms. The Hall–Kier alpha value is -6.75. The third-order valence-corrected chi connectivity index (χ3v) is 8.23. The maximum absolute atomic E-state index is 14.9. The second-order valence-corrected chi connectivity index (χ2v) is 10.8. The lowest BCUT2D eigenvalue weighted by Crippen LogP contribution is -2.28. The predicted octanol–water partition coefficient (Wildman–Crippen LogP) is 4.08. The molecule has 0 aliphatic carbocycles. The Morgan fingerprint density at radius 2 is 0.315 bits per heavy atom. The fourth-order valence-electron chi connectivity index (χ4n) is 5.96. The molecule has 54 heavy (non-hydrogen) atoms. The van der Waals surface area contributed by atoms with Crippen molar-refractivity contribution in [2.45, 2.75) is 0 Å². The third kappa shape index (κ3) is 3.98. The highest BCUT2D eigenvalue weighted by atomic mass is 19.2. The molecule has 0 bridgehead atoms. The van der Waals surface area contributed by atoms with Crippen molar-refractivity contribution in [2.75, 3.05) is 0 Å². The highest BCUT2D eigenvalue weighted by Crippen LogP contribution is 2.33. The minimum absolute atomic E-state index is 1.00. The summed E-state index contributed by atoms with van der Waals surface area (Å²) in [7, 11) is 0. The standard InChI is InChI=1S/C30F15N3O6/c31-7-10(34)16(40)22(17(41)11(7)35)46-25(49)1-2(26(46)50)4-6(30(54)48(29(4)53)24-20(44)14(38)9(33)15(39)21(24)45)5-3(1)27(51)47(28(5)52)23-18(42)12(36)8(32)13(37)19(23)43. The Labute approximate surface area is 278 Å². The van der Waals surface area contributed by atoms with Gasteiger partial charge in [-0.3, -0.25) is 28.8 Å². The number of benzene rings is 4. The van der Waals surface area contributed by atoms with Gasteiger partial charge in [0.15, 0.2) is 69.8 Å². The molecule has 0 N–H and O–H groups in total. The minimum atomic E-state index is -2.93. The number of halogens is 15. The summed E-state index contributed by atoms with van der Waals surface area (Å²) >= 11 is 0. The molecule has 0 unspecified atom stereocenters. The van der Waals surface area contributed by atoms with E-state index in [1.165, 1.54) is 0 Å². The van der Waals surface area contributed by atoms with Gasteiger partial charge >= 0.3 is 0 Å². The van der Waals surface area contributed by atoms with E-state index in [-0.39, 0.29) is 0 Å². The van der Waals surface area contributed by atoms with Gasteiger partial charge in [-0.2, -0.15) is 0 Å². The average molecular weight is 783 g/mol. The molecule has 0 spiro atoms. The highest BCUT2D eigenvalue weighted by molar-refractivity contribution is 6.25. The van der Waals surface area contributed by atoms with E-state index in [2.05, 4.69) is 0 Å². The molecule has 276 valence electrons. The summed E-state index contributed by atoms with van der Waals surface area (Å²) in [5.41, 5.74) is -22.2. The number of aromatic nitrogens is 3. The lowest BCUT2D eigenvalue weighted by molar-refractivity contribution is 0.375. The number of fused-ring (bicyclic) bond motifs is 6. The molecular formula is C30F15N3O6. The van der Waals surface area contributed by atoms with Crippen LogP contribution in [-0.4, -0.2) is 13.7 Å². The van der Waals surface area contributed by atoms with Crippen molar-refractivity contribution in [3.05, 3.63) is 149 Å². The number of hydrogen-bond donors (Lipinski definition) is 0. The summed E-state index contributed by atoms with van der Waals surface area (Å²) in [6.45, 7) is 0. The molecule has 4 aromatic carbocycles. The van der Waals surface area contributed by atoms with Crippen LogP contribution in [0.25, 0.3) is 49.4 Å². The van der Waals surface area contributed by atoms with Gasteiger partial charge in [-0.25, -0.2) is 79.6 Å². The van der Waals surface area contributed by atoms with Crippen LogP contribution < -0.4 is 33.4 Å². The molecule has 3 aromatic heterocycles. The van der Waals surface area contributed by atoms with Gasteiger partial charge in [-0.15, -0.1) is 0 Å². The smallest absolute Gasteiger partial charge is 0.267 e. The van der Waals surface area contributed by atoms with Gasteiger partial charge in [-0.1, -0.05) is 0 Å². The fraction of sp³-hybridized carbons (Fsp3) is 0. The molecule has 0 aliphatic heterocycles. The molecule has 0 saturated heterocycles. The van der Waals surface area contributed by atoms with Gasteiger partial charge in [0.2, 0.25) is 17.5 Å². The molecule has 0 radical (unpaired) electrons. The van der Waals surface area contributed by atoms with Crippen molar-refractivity contribution in [1.82, 2.24) is 13.7 Å². The van der Waals surface area contributed by atoms with Gasteiger partial charge in [0.1, 0.15) is 17.1 Å². The molecule has 0 aliphatic rings. The lowest BCUT2D eigenvalue weighted by atomic mass is 10.0. The van der Waals surface area contributed by atoms with Gasteiger partial charge in [0, 0.05) is 0 Å². The first-order chi connectivity index (χ1) is 25.1. The van der Waals surface area contributed by atoms with Crippen molar-refractivity contribution >= 4 is 32.3 Å². The van der Waals surface area contributed by atoms with Gasteiger partial charge in [0.25, 0.3) is 33.4 Å². The van der Waals surface area contributed by atoms with E-state index in [0.29, 0.717) is 0 Å². The monoisotopic (exact) mass is 783 g/mol. The topological polar surface area (TPSA) is 117 Å². The molecule has 0 saturated carbocycles. The largest absolute Gasteiger partial charge is 0.268 e. The SMILES string of the molecule is O=c1c2c3c(=O)n(-c4c(F)c(F)c(F)c(F)c4F)c(=O)c3c3c(=O)n(-c4c(F)c(F)c(F)c(F)c4F)c(=O)c3c2c(=O)n1-c1c(F)c(F)c(F)c(F)c1F. The summed E-state index contributed by atoms with van der Waals surface area (Å²) in [5, 5.41) is -11.4. The van der Waals surface area contributed by atoms with E-state index in [4.69, 9.17) is 0 Å². The second-order valence-electron chi connectivity index (χ2n) is 10.8. The first-order valence-electron chi connectivity index (χ1n) is 13.6. The zero-order valence-electron chi connectivity index (χ0n) is 24.5. The zero-order valence-corrected chi connectivity index (χ0v) is 24.5. The van der Waals surface area contributed by atoms with Gasteiger partial charge < -0.3 is 0 Å². The fourth-order valence-corrected chi connectivity index (χ4v) is 5.96. The quantitative estimate of drug-likeness (QED) is 0.152. The van der Waals surface area contributed by atoms with Crippen LogP contribution in [0.15, 0.2) is 28.8 Å². The molecular weight excluding hydrogens is 783 g/mol. The Balaban J connectivity index is 1.86. The van der Waals surface area contributed by atoms with Crippen molar-refractivity contribution in [1.29, 1.82) is 0 Å². The maximum Gasteiger partial charge on any atom is 0.267 e. The van der Waals surface area contributed by atoms with Crippen molar-refractivity contribution in [3.8, 4) is 17.1 Å². The molecule has 7 rings (SSSR count). The van der Waals surface area contributed by atoms with Gasteiger partial charge in [0.05, 0.1) is 32.3 Å². The summed E-state index contributed by atoms with van der Waals surface area (Å²) in [6.07, 6.45) is 0. The van der Waals surface area contributed by atoms with E-state index >= 15 is 0 Å². The van der Waals surface area contributed by atoms with E-state index in [1.54, 1.807) is 0 Å². The Morgan fingerprint density at radius 1 is 0.204 bits per heavy atom. The first kappa shape index (κ1) is 35.6. The summed E-state index contributed by atoms with van der Waals surface area (Å²) in [6, 6.07) is 0. The second kappa shape index (κ2) is 11.1. The van der Waals surface area contributed by atoms with Crippen LogP contribution in [0.4, 0.5) is 65.9 Å². The van der Waals surface area contributed by atoms with Crippen LogP contribution in [0.5, 0.6) is 0 Å². The normalized spacial score (nSPS) is 12.1. The minimum Gasteiger partial charge on any atom is -0.268 e. The van der Waals surface area contributed by atoms with E-state index in [9.17, 15) is 94.6 Å². The first-order valence-corrected chi connectivity index (χ1v) is 13.6. The number of hydrogen-bond acceptors (Lipinski definition) is 6. The Kier molecular flexibility index (Phi) is 7.35. The third-order valence-electron chi connectivity index (χ3n) is 8.23. The van der Waals surface area contributed by atoms with Crippen LogP contribution in [0.3, 0.4) is 0 Å². The Bertz CT molecular complexity index is 2740. The molecule has 0 amide bonds. The Morgan fingerprint density at radius 3 is 0.444 bits per heavy atom. The number of nitrogens with zero attached hydrogens (tertiary/aromatic N) is 3. The van der Waals surface area contributed by atoms with Crippen LogP contribution in [-0.2, 0) is 0 Å². The summed E-state index contributed by atoms with van der Waals surface area (Å²) in [4.78, 5) is 82.2. The van der Waals surface area contributed by atoms with Crippen molar-refractivity contribution < 1.29 is 65.9 Å². The highest BCUT2D eigenvalue weighted by Gasteiger charge is 2.38. The predicted molar refractivity (Wildman–Crippen MR) is 147 cm³/mol. The molecule has 0 atom stereocenters. The average Bonchev–Trinajstić information content (AvgIpc) is 3.65. The molecule has 0 fully saturated rings. The van der Waals surface area contributed by atoms with Crippen molar-refractivity contribution in [2.24, 2.45) is 0 Å². The summed E-state index contributed by atoms with van der Waals surface area (Å²) < 4.78 is 213. The zero-order chi connectivity index (χ0) is 40.1. The molecule has 7 aromatic rings. The van der Waals surface area contributed by atoms with Gasteiger partial charge in [-0.05, 0) is 0 Å². The van der Waals surface area contributed by atoms with Crippen LogP contribution in [0.2, 0.25) is 0 Å². The van der Waals surface area contributed by atoms with Crippen molar-refractivity contribution in [3.63, 3.8) is 0 Å². The van der Waals surface area contributed by atoms with Crippen LogP contribution in [0, 0.1) is 87.3 Å². The van der Waals surface area contributed by atoms with E-state index in [0.717, 1.165) is 0 Å². The number of rotatable bonds is 3. The maximum atomic E-state index is 14.9. The van der Waals surface area contributed by atoms with Crippen LogP contribution >= 0.6 is 0 Å².